The predicted octanol–water partition coefficient (Wildman–Crippen LogP) is 5.13. The van der Waals surface area contributed by atoms with E-state index in [1.54, 1.807) is 0 Å². The Morgan fingerprint density at radius 3 is 2.00 bits per heavy atom. The molecule has 0 saturated heterocycles. The summed E-state index contributed by atoms with van der Waals surface area (Å²) in [7, 11) is 2.23. The molecule has 108 valence electrons. The summed E-state index contributed by atoms with van der Waals surface area (Å²) in [6.45, 7) is 11.6. The fraction of sp³-hybridized carbons (Fsp3) is 0.882. The Bertz CT molecular complexity index is 194. The van der Waals surface area contributed by atoms with Crippen LogP contribution in [0.25, 0.3) is 0 Å². The lowest BCUT2D eigenvalue weighted by molar-refractivity contribution is 0.293. The summed E-state index contributed by atoms with van der Waals surface area (Å²) in [5.41, 5.74) is 0. The molecule has 0 saturated carbocycles. The molecule has 0 aliphatic rings. The zero-order valence-corrected chi connectivity index (χ0v) is 13.4. The number of rotatable bonds is 11. The molecule has 0 N–H and O–H groups in total. The second-order valence-electron chi connectivity index (χ2n) is 6.45. The lowest BCUT2D eigenvalue weighted by atomic mass is 10.1. The van der Waals surface area contributed by atoms with E-state index in [4.69, 9.17) is 0 Å². The third kappa shape index (κ3) is 13.8. The minimum absolute atomic E-state index is 0.784. The first-order chi connectivity index (χ1) is 8.52. The quantitative estimate of drug-likeness (QED) is 0.364. The maximum atomic E-state index is 2.45. The molecular weight excluding hydrogens is 218 g/mol. The van der Waals surface area contributed by atoms with E-state index in [1.165, 1.54) is 51.6 Å². The van der Waals surface area contributed by atoms with Gasteiger partial charge in [-0.2, -0.15) is 0 Å². The van der Waals surface area contributed by atoms with Crippen molar-refractivity contribution in [2.75, 3.05) is 20.1 Å². The van der Waals surface area contributed by atoms with Crippen LogP contribution in [0.2, 0.25) is 0 Å². The zero-order valence-electron chi connectivity index (χ0n) is 13.4. The van der Waals surface area contributed by atoms with Crippen molar-refractivity contribution in [1.29, 1.82) is 0 Å². The minimum atomic E-state index is 0.784. The van der Waals surface area contributed by atoms with Crippen molar-refractivity contribution < 1.29 is 0 Å². The van der Waals surface area contributed by atoms with Crippen molar-refractivity contribution in [3.05, 3.63) is 12.2 Å². The molecule has 1 heteroatoms. The van der Waals surface area contributed by atoms with Crippen molar-refractivity contribution >= 4 is 0 Å². The molecule has 0 amide bonds. The largest absolute Gasteiger partial charge is 0.306 e. The first-order valence-electron chi connectivity index (χ1n) is 7.86. The summed E-state index contributed by atoms with van der Waals surface area (Å²) in [5.74, 6) is 1.65. The normalized spacial score (nSPS) is 12.4. The fourth-order valence-electron chi connectivity index (χ4n) is 2.24. The summed E-state index contributed by atoms with van der Waals surface area (Å²) in [6.07, 6.45) is 12.7. The number of nitrogens with zero attached hydrogens (tertiary/aromatic N) is 1. The third-order valence-electron chi connectivity index (χ3n) is 3.16. The molecule has 0 fully saturated rings. The number of hydrogen-bond acceptors (Lipinski definition) is 1. The van der Waals surface area contributed by atoms with Crippen molar-refractivity contribution in [2.24, 2.45) is 11.8 Å². The van der Waals surface area contributed by atoms with E-state index in [2.05, 4.69) is 51.8 Å². The van der Waals surface area contributed by atoms with Crippen LogP contribution < -0.4 is 0 Å². The van der Waals surface area contributed by atoms with E-state index in [-0.39, 0.29) is 0 Å². The van der Waals surface area contributed by atoms with Gasteiger partial charge < -0.3 is 4.90 Å². The van der Waals surface area contributed by atoms with Crippen LogP contribution in [0, 0.1) is 11.8 Å². The second kappa shape index (κ2) is 11.8. The number of allylic oxidation sites excluding steroid dienone is 2. The van der Waals surface area contributed by atoms with Crippen molar-refractivity contribution in [3.8, 4) is 0 Å². The van der Waals surface area contributed by atoms with Crippen LogP contribution in [0.4, 0.5) is 0 Å². The molecule has 1 nitrogen and oxygen atoms in total. The molecule has 0 aromatic heterocycles. The van der Waals surface area contributed by atoms with Crippen molar-refractivity contribution in [3.63, 3.8) is 0 Å². The molecule has 0 heterocycles. The Kier molecular flexibility index (Phi) is 11.6. The molecule has 0 atom stereocenters. The standard InChI is InChI=1S/C17H35N/c1-16(2)13-11-9-7-6-8-10-12-14-18(5)15-17(3)4/h6,8,16-17H,7,9-15H2,1-5H3/b8-6+. The highest BCUT2D eigenvalue weighted by Crippen LogP contribution is 2.08. The Labute approximate surface area is 116 Å². The SMILES string of the molecule is CC(C)CCCC/C=C/CCCN(C)CC(C)C. The van der Waals surface area contributed by atoms with Gasteiger partial charge in [0.05, 0.1) is 0 Å². The monoisotopic (exact) mass is 253 g/mol. The molecule has 0 radical (unpaired) electrons. The van der Waals surface area contributed by atoms with Crippen molar-refractivity contribution in [1.82, 2.24) is 4.90 Å². The highest BCUT2D eigenvalue weighted by molar-refractivity contribution is 4.81. The minimum Gasteiger partial charge on any atom is -0.306 e. The molecule has 0 aliphatic carbocycles. The van der Waals surface area contributed by atoms with Crippen LogP contribution in [0.5, 0.6) is 0 Å². The van der Waals surface area contributed by atoms with Crippen molar-refractivity contribution in [2.45, 2.75) is 66.2 Å². The first kappa shape index (κ1) is 17.7. The van der Waals surface area contributed by atoms with Gasteiger partial charge in [0.1, 0.15) is 0 Å². The Balaban J connectivity index is 3.27. The average molecular weight is 253 g/mol. The third-order valence-corrected chi connectivity index (χ3v) is 3.16. The van der Waals surface area contributed by atoms with E-state index in [0.717, 1.165) is 11.8 Å². The average Bonchev–Trinajstić information content (AvgIpc) is 2.25. The van der Waals surface area contributed by atoms with E-state index in [9.17, 15) is 0 Å². The number of unbranched alkanes of at least 4 members (excludes halogenated alkanes) is 3. The van der Waals surface area contributed by atoms with Crippen LogP contribution in [0.1, 0.15) is 66.2 Å². The Hall–Kier alpha value is -0.300. The van der Waals surface area contributed by atoms with Gasteiger partial charge in [-0.15, -0.1) is 0 Å². The molecule has 0 aromatic carbocycles. The van der Waals surface area contributed by atoms with Gasteiger partial charge in [0.15, 0.2) is 0 Å². The molecular formula is C17H35N. The molecule has 18 heavy (non-hydrogen) atoms. The van der Waals surface area contributed by atoms with E-state index in [0.29, 0.717) is 0 Å². The van der Waals surface area contributed by atoms with Gasteiger partial charge in [0.25, 0.3) is 0 Å². The predicted molar refractivity (Wildman–Crippen MR) is 84.0 cm³/mol. The van der Waals surface area contributed by atoms with E-state index in [1.807, 2.05) is 0 Å². The van der Waals surface area contributed by atoms with Gasteiger partial charge >= 0.3 is 0 Å². The maximum absolute atomic E-state index is 2.45. The first-order valence-corrected chi connectivity index (χ1v) is 7.86. The van der Waals surface area contributed by atoms with Gasteiger partial charge in [-0.3, -0.25) is 0 Å². The maximum Gasteiger partial charge on any atom is 0.000133 e. The van der Waals surface area contributed by atoms with Crippen LogP contribution >= 0.6 is 0 Å². The summed E-state index contributed by atoms with van der Waals surface area (Å²) in [4.78, 5) is 2.45. The highest BCUT2D eigenvalue weighted by Gasteiger charge is 1.99. The van der Waals surface area contributed by atoms with E-state index >= 15 is 0 Å². The van der Waals surface area contributed by atoms with Gasteiger partial charge in [0.2, 0.25) is 0 Å². The number of hydrogen-bond donors (Lipinski definition) is 0. The molecule has 0 unspecified atom stereocenters. The topological polar surface area (TPSA) is 3.24 Å². The van der Waals surface area contributed by atoms with Gasteiger partial charge in [-0.25, -0.2) is 0 Å². The van der Waals surface area contributed by atoms with Gasteiger partial charge in [-0.1, -0.05) is 52.7 Å². The van der Waals surface area contributed by atoms with Crippen LogP contribution in [-0.2, 0) is 0 Å². The lowest BCUT2D eigenvalue weighted by Crippen LogP contribution is -2.24. The summed E-state index contributed by atoms with van der Waals surface area (Å²) in [5, 5.41) is 0. The summed E-state index contributed by atoms with van der Waals surface area (Å²) < 4.78 is 0. The van der Waals surface area contributed by atoms with E-state index < -0.39 is 0 Å². The van der Waals surface area contributed by atoms with Crippen LogP contribution in [0.3, 0.4) is 0 Å². The van der Waals surface area contributed by atoms with Crippen LogP contribution in [0.15, 0.2) is 12.2 Å². The second-order valence-corrected chi connectivity index (χ2v) is 6.45. The van der Waals surface area contributed by atoms with Gasteiger partial charge in [0, 0.05) is 6.54 Å². The Morgan fingerprint density at radius 2 is 1.44 bits per heavy atom. The summed E-state index contributed by atoms with van der Waals surface area (Å²) in [6, 6.07) is 0. The van der Waals surface area contributed by atoms with Crippen LogP contribution in [-0.4, -0.2) is 25.0 Å². The molecule has 0 spiro atoms. The zero-order chi connectivity index (χ0) is 13.8. The molecule has 0 rings (SSSR count). The lowest BCUT2D eigenvalue weighted by Gasteiger charge is -2.18. The summed E-state index contributed by atoms with van der Waals surface area (Å²) >= 11 is 0. The van der Waals surface area contributed by atoms with Gasteiger partial charge in [-0.05, 0) is 51.1 Å². The Morgan fingerprint density at radius 1 is 0.833 bits per heavy atom. The molecule has 0 aromatic rings. The smallest absolute Gasteiger partial charge is 0.000133 e. The fourth-order valence-corrected chi connectivity index (χ4v) is 2.24. The highest BCUT2D eigenvalue weighted by atomic mass is 15.1. The molecule has 0 aliphatic heterocycles. The molecule has 0 bridgehead atoms.